The van der Waals surface area contributed by atoms with E-state index in [0.29, 0.717) is 43.6 Å². The summed E-state index contributed by atoms with van der Waals surface area (Å²) in [6, 6.07) is 1.59. The number of carbonyl (C=O) groups is 1. The molecule has 3 aromatic rings. The van der Waals surface area contributed by atoms with E-state index in [-0.39, 0.29) is 5.91 Å². The molecule has 1 fully saturated rings. The van der Waals surface area contributed by atoms with Gasteiger partial charge in [-0.2, -0.15) is 10.1 Å². The number of ether oxygens (including phenoxy) is 1. The molecule has 1 aliphatic heterocycles. The van der Waals surface area contributed by atoms with E-state index in [0.717, 1.165) is 30.1 Å². The van der Waals surface area contributed by atoms with Crippen LogP contribution in [0.15, 0.2) is 23.1 Å². The van der Waals surface area contributed by atoms with Gasteiger partial charge < -0.3 is 14.2 Å². The van der Waals surface area contributed by atoms with E-state index < -0.39 is 0 Å². The first-order valence-corrected chi connectivity index (χ1v) is 10.2. The predicted molar refractivity (Wildman–Crippen MR) is 104 cm³/mol. The molecule has 1 saturated carbocycles. The Morgan fingerprint density at radius 1 is 1.37 bits per heavy atom. The number of hydrogen-bond acceptors (Lipinski definition) is 8. The van der Waals surface area contributed by atoms with Gasteiger partial charge in [-0.3, -0.25) is 9.48 Å². The van der Waals surface area contributed by atoms with Crippen LogP contribution < -0.4 is 0 Å². The van der Waals surface area contributed by atoms with Crippen LogP contribution in [0.3, 0.4) is 0 Å². The highest BCUT2D eigenvalue weighted by Gasteiger charge is 2.29. The molecule has 2 aliphatic rings. The molecule has 10 heteroatoms. The van der Waals surface area contributed by atoms with Crippen LogP contribution in [0.5, 0.6) is 0 Å². The van der Waals surface area contributed by atoms with Gasteiger partial charge in [0.05, 0.1) is 13.2 Å². The Labute approximate surface area is 173 Å². The standard InChI is InChI=1S/C20H23N7O3/c1-26(20(28)15-4-7-21-12-22-15)8-5-17-23-19(30-25-17)18-14-11-29-9-6-16(14)27(24-18)10-13-2-3-13/h4,7,12-13H,2-3,5-6,8-11H2,1H3. The SMILES string of the molecule is CN(CCc1noc(-c2nn(CC3CC3)c3c2COCC3)n1)C(=O)c1ccncn1. The zero-order valence-electron chi connectivity index (χ0n) is 16.8. The van der Waals surface area contributed by atoms with Crippen molar-refractivity contribution in [2.24, 2.45) is 5.92 Å². The van der Waals surface area contributed by atoms with Gasteiger partial charge in [0.25, 0.3) is 11.8 Å². The van der Waals surface area contributed by atoms with Crippen molar-refractivity contribution in [1.82, 2.24) is 34.8 Å². The van der Waals surface area contributed by atoms with Crippen molar-refractivity contribution < 1.29 is 14.1 Å². The van der Waals surface area contributed by atoms with Gasteiger partial charge in [-0.05, 0) is 24.8 Å². The van der Waals surface area contributed by atoms with E-state index in [4.69, 9.17) is 14.4 Å². The highest BCUT2D eigenvalue weighted by Crippen LogP contribution is 2.34. The van der Waals surface area contributed by atoms with Crippen LogP contribution in [0.4, 0.5) is 0 Å². The summed E-state index contributed by atoms with van der Waals surface area (Å²) >= 11 is 0. The van der Waals surface area contributed by atoms with E-state index in [9.17, 15) is 4.79 Å². The molecule has 5 rings (SSSR count). The third-order valence-electron chi connectivity index (χ3n) is 5.51. The van der Waals surface area contributed by atoms with Crippen LogP contribution in [-0.4, -0.2) is 60.9 Å². The van der Waals surface area contributed by atoms with Gasteiger partial charge in [-0.15, -0.1) is 0 Å². The Morgan fingerprint density at radius 2 is 2.27 bits per heavy atom. The van der Waals surface area contributed by atoms with E-state index in [1.54, 1.807) is 24.2 Å². The first kappa shape index (κ1) is 18.9. The minimum atomic E-state index is -0.175. The molecular weight excluding hydrogens is 386 g/mol. The molecule has 3 aromatic heterocycles. The fourth-order valence-electron chi connectivity index (χ4n) is 3.61. The highest BCUT2D eigenvalue weighted by molar-refractivity contribution is 5.91. The fourth-order valence-corrected chi connectivity index (χ4v) is 3.61. The minimum Gasteiger partial charge on any atom is -0.376 e. The number of rotatable bonds is 7. The highest BCUT2D eigenvalue weighted by atomic mass is 16.5. The number of hydrogen-bond donors (Lipinski definition) is 0. The van der Waals surface area contributed by atoms with Crippen molar-refractivity contribution in [1.29, 1.82) is 0 Å². The smallest absolute Gasteiger partial charge is 0.278 e. The molecule has 0 radical (unpaired) electrons. The molecule has 10 nitrogen and oxygen atoms in total. The van der Waals surface area contributed by atoms with Crippen molar-refractivity contribution in [2.75, 3.05) is 20.2 Å². The van der Waals surface area contributed by atoms with Crippen molar-refractivity contribution in [3.8, 4) is 11.6 Å². The molecule has 1 aliphatic carbocycles. The lowest BCUT2D eigenvalue weighted by Crippen LogP contribution is -2.29. The molecule has 0 atom stereocenters. The Kier molecular flexibility index (Phi) is 4.99. The van der Waals surface area contributed by atoms with Gasteiger partial charge in [0.1, 0.15) is 12.0 Å². The Bertz CT molecular complexity index is 1040. The summed E-state index contributed by atoms with van der Waals surface area (Å²) in [6.45, 7) is 2.62. The van der Waals surface area contributed by atoms with Crippen LogP contribution in [-0.2, 0) is 30.7 Å². The van der Waals surface area contributed by atoms with Gasteiger partial charge in [0.15, 0.2) is 11.5 Å². The summed E-state index contributed by atoms with van der Waals surface area (Å²) < 4.78 is 13.3. The van der Waals surface area contributed by atoms with Gasteiger partial charge in [0.2, 0.25) is 0 Å². The van der Waals surface area contributed by atoms with Gasteiger partial charge >= 0.3 is 0 Å². The lowest BCUT2D eigenvalue weighted by Gasteiger charge is -2.15. The number of carbonyl (C=O) groups excluding carboxylic acids is 1. The maximum atomic E-state index is 12.4. The average Bonchev–Trinajstić information content (AvgIpc) is 3.36. The maximum Gasteiger partial charge on any atom is 0.278 e. The Morgan fingerprint density at radius 3 is 3.07 bits per heavy atom. The molecule has 0 saturated heterocycles. The molecule has 0 N–H and O–H groups in total. The molecule has 1 amide bonds. The normalized spacial score (nSPS) is 15.8. The number of fused-ring (bicyclic) bond motifs is 1. The largest absolute Gasteiger partial charge is 0.376 e. The number of amides is 1. The van der Waals surface area contributed by atoms with Gasteiger partial charge in [0, 0.05) is 50.4 Å². The number of likely N-dealkylation sites (N-methyl/N-ethyl adjacent to an activating group) is 1. The Hall–Kier alpha value is -3.14. The van der Waals surface area contributed by atoms with Gasteiger partial charge in [-0.25, -0.2) is 9.97 Å². The van der Waals surface area contributed by atoms with Crippen molar-refractivity contribution in [2.45, 2.75) is 38.8 Å². The molecular formula is C20H23N7O3. The summed E-state index contributed by atoms with van der Waals surface area (Å²) in [4.78, 5) is 26.3. The van der Waals surface area contributed by atoms with E-state index in [1.807, 2.05) is 0 Å². The van der Waals surface area contributed by atoms with E-state index in [1.165, 1.54) is 24.9 Å². The zero-order chi connectivity index (χ0) is 20.5. The quantitative estimate of drug-likeness (QED) is 0.577. The molecule has 30 heavy (non-hydrogen) atoms. The first-order valence-electron chi connectivity index (χ1n) is 10.2. The molecule has 0 aromatic carbocycles. The van der Waals surface area contributed by atoms with Crippen LogP contribution in [0.1, 0.15) is 40.4 Å². The molecule has 0 unspecified atom stereocenters. The summed E-state index contributed by atoms with van der Waals surface area (Å²) in [5, 5.41) is 8.87. The zero-order valence-corrected chi connectivity index (χ0v) is 16.8. The average molecular weight is 409 g/mol. The topological polar surface area (TPSA) is 112 Å². The fraction of sp³-hybridized carbons (Fsp3) is 0.500. The van der Waals surface area contributed by atoms with Crippen molar-refractivity contribution in [3.05, 3.63) is 41.4 Å². The van der Waals surface area contributed by atoms with Crippen molar-refractivity contribution in [3.63, 3.8) is 0 Å². The summed E-state index contributed by atoms with van der Waals surface area (Å²) in [5.41, 5.74) is 3.34. The third kappa shape index (κ3) is 3.82. The lowest BCUT2D eigenvalue weighted by molar-refractivity contribution is 0.0790. The van der Waals surface area contributed by atoms with Crippen LogP contribution in [0, 0.1) is 5.92 Å². The number of nitrogens with zero attached hydrogens (tertiary/aromatic N) is 7. The monoisotopic (exact) mass is 409 g/mol. The second-order valence-electron chi connectivity index (χ2n) is 7.79. The second-order valence-corrected chi connectivity index (χ2v) is 7.79. The summed E-state index contributed by atoms with van der Waals surface area (Å²) in [6.07, 6.45) is 6.77. The van der Waals surface area contributed by atoms with Crippen LogP contribution in [0.25, 0.3) is 11.6 Å². The lowest BCUT2D eigenvalue weighted by atomic mass is 10.1. The van der Waals surface area contributed by atoms with E-state index in [2.05, 4.69) is 24.8 Å². The summed E-state index contributed by atoms with van der Waals surface area (Å²) in [7, 11) is 1.72. The number of aromatic nitrogens is 6. The minimum absolute atomic E-state index is 0.175. The molecule has 4 heterocycles. The van der Waals surface area contributed by atoms with Crippen LogP contribution >= 0.6 is 0 Å². The third-order valence-corrected chi connectivity index (χ3v) is 5.51. The molecule has 0 bridgehead atoms. The molecule has 156 valence electrons. The second kappa shape index (κ2) is 7.94. The maximum absolute atomic E-state index is 12.4. The van der Waals surface area contributed by atoms with E-state index >= 15 is 0 Å². The Balaban J connectivity index is 1.29. The summed E-state index contributed by atoms with van der Waals surface area (Å²) in [5.74, 6) is 1.50. The van der Waals surface area contributed by atoms with Gasteiger partial charge in [-0.1, -0.05) is 5.16 Å². The molecule has 0 spiro atoms. The van der Waals surface area contributed by atoms with Crippen molar-refractivity contribution >= 4 is 5.91 Å². The van der Waals surface area contributed by atoms with Crippen LogP contribution in [0.2, 0.25) is 0 Å². The predicted octanol–water partition coefficient (Wildman–Crippen LogP) is 1.52. The first-order chi connectivity index (χ1) is 14.7.